The van der Waals surface area contributed by atoms with E-state index >= 15 is 0 Å². The molecule has 1 aliphatic heterocycles. The largest absolute Gasteiger partial charge is 0.348 e. The van der Waals surface area contributed by atoms with Gasteiger partial charge in [-0.2, -0.15) is 0 Å². The minimum atomic E-state index is -0.760. The molecule has 1 N–H and O–H groups in total. The van der Waals surface area contributed by atoms with Crippen LogP contribution in [0.1, 0.15) is 42.6 Å². The molecule has 1 saturated carbocycles. The van der Waals surface area contributed by atoms with E-state index in [0.29, 0.717) is 18.5 Å². The van der Waals surface area contributed by atoms with Crippen LogP contribution >= 0.6 is 0 Å². The van der Waals surface area contributed by atoms with Gasteiger partial charge in [0.15, 0.2) is 5.78 Å². The van der Waals surface area contributed by atoms with Gasteiger partial charge in [0.2, 0.25) is 0 Å². The molecule has 6 heteroatoms. The monoisotopic (exact) mass is 289 g/mol. The second-order valence-corrected chi connectivity index (χ2v) is 5.89. The molecule has 21 heavy (non-hydrogen) atoms. The fraction of sp³-hybridized carbons (Fsp3) is 0.533. The standard InChI is InChI=1S/C15H19N3O3/c1-17-9-5-6-11(17)12(19)10-18-13(20)15(16-14(18)21)7-3-2-4-8-15/h5-6,9H,2-4,7-8,10H2,1H3,(H,16,21). The smallest absolute Gasteiger partial charge is 0.325 e. The zero-order valence-corrected chi connectivity index (χ0v) is 12.1. The highest BCUT2D eigenvalue weighted by Gasteiger charge is 2.51. The number of Topliss-reactive ketones (excluding diaryl/α,β-unsaturated/α-hetero) is 1. The molecule has 2 heterocycles. The van der Waals surface area contributed by atoms with Crippen LogP contribution < -0.4 is 5.32 Å². The quantitative estimate of drug-likeness (QED) is 0.676. The van der Waals surface area contributed by atoms with Gasteiger partial charge in [-0.1, -0.05) is 19.3 Å². The Bertz CT molecular complexity index is 599. The van der Waals surface area contributed by atoms with Gasteiger partial charge in [-0.05, 0) is 25.0 Å². The summed E-state index contributed by atoms with van der Waals surface area (Å²) in [4.78, 5) is 38.0. The number of imide groups is 1. The normalized spacial score (nSPS) is 20.9. The minimum absolute atomic E-state index is 0.190. The summed E-state index contributed by atoms with van der Waals surface area (Å²) in [6, 6.07) is 3.02. The van der Waals surface area contributed by atoms with E-state index in [1.165, 1.54) is 0 Å². The van der Waals surface area contributed by atoms with Crippen LogP contribution in [0.15, 0.2) is 18.3 Å². The summed E-state index contributed by atoms with van der Waals surface area (Å²) >= 11 is 0. The molecule has 1 aromatic rings. The van der Waals surface area contributed by atoms with Crippen molar-refractivity contribution in [2.75, 3.05) is 6.54 Å². The second kappa shape index (κ2) is 5.02. The van der Waals surface area contributed by atoms with E-state index in [9.17, 15) is 14.4 Å². The maximum Gasteiger partial charge on any atom is 0.325 e. The molecule has 3 amide bonds. The molecule has 1 spiro atoms. The zero-order valence-electron chi connectivity index (χ0n) is 12.1. The number of urea groups is 1. The van der Waals surface area contributed by atoms with Crippen molar-refractivity contribution in [3.05, 3.63) is 24.0 Å². The van der Waals surface area contributed by atoms with Crippen LogP contribution in [0.4, 0.5) is 4.79 Å². The average molecular weight is 289 g/mol. The van der Waals surface area contributed by atoms with Crippen molar-refractivity contribution in [3.8, 4) is 0 Å². The fourth-order valence-electron chi connectivity index (χ4n) is 3.29. The molecule has 1 saturated heterocycles. The molecule has 0 aromatic carbocycles. The van der Waals surface area contributed by atoms with Crippen LogP contribution in [0.25, 0.3) is 0 Å². The predicted molar refractivity (Wildman–Crippen MR) is 75.8 cm³/mol. The SMILES string of the molecule is Cn1cccc1C(=O)CN1C(=O)NC2(CCCCC2)C1=O. The Morgan fingerprint density at radius 2 is 2.00 bits per heavy atom. The Morgan fingerprint density at radius 3 is 2.62 bits per heavy atom. The number of aromatic nitrogens is 1. The molecule has 0 atom stereocenters. The van der Waals surface area contributed by atoms with Gasteiger partial charge in [0, 0.05) is 13.2 Å². The minimum Gasteiger partial charge on any atom is -0.348 e. The number of nitrogens with zero attached hydrogens (tertiary/aromatic N) is 2. The molecule has 112 valence electrons. The van der Waals surface area contributed by atoms with Gasteiger partial charge < -0.3 is 9.88 Å². The number of ketones is 1. The van der Waals surface area contributed by atoms with Gasteiger partial charge in [0.1, 0.15) is 5.54 Å². The molecule has 0 unspecified atom stereocenters. The highest BCUT2D eigenvalue weighted by molar-refractivity contribution is 6.10. The van der Waals surface area contributed by atoms with E-state index in [4.69, 9.17) is 0 Å². The van der Waals surface area contributed by atoms with Gasteiger partial charge in [0.05, 0.1) is 12.2 Å². The molecule has 1 aromatic heterocycles. The van der Waals surface area contributed by atoms with Crippen LogP contribution in [-0.2, 0) is 11.8 Å². The van der Waals surface area contributed by atoms with Crippen molar-refractivity contribution in [1.82, 2.24) is 14.8 Å². The molecule has 6 nitrogen and oxygen atoms in total. The second-order valence-electron chi connectivity index (χ2n) is 5.89. The predicted octanol–water partition coefficient (Wildman–Crippen LogP) is 1.46. The Balaban J connectivity index is 1.77. The first-order valence-corrected chi connectivity index (χ1v) is 7.32. The molecule has 3 rings (SSSR count). The van der Waals surface area contributed by atoms with Gasteiger partial charge in [0.25, 0.3) is 5.91 Å². The maximum absolute atomic E-state index is 12.6. The summed E-state index contributed by atoms with van der Waals surface area (Å²) in [6.07, 6.45) is 6.07. The first-order chi connectivity index (χ1) is 10.0. The van der Waals surface area contributed by atoms with Crippen molar-refractivity contribution in [3.63, 3.8) is 0 Å². The summed E-state index contributed by atoms with van der Waals surface area (Å²) in [5.74, 6) is -0.464. The molecule has 1 aliphatic carbocycles. The van der Waals surface area contributed by atoms with Crippen molar-refractivity contribution in [2.45, 2.75) is 37.6 Å². The van der Waals surface area contributed by atoms with Gasteiger partial charge in [-0.25, -0.2) is 4.79 Å². The number of hydrogen-bond acceptors (Lipinski definition) is 3. The highest BCUT2D eigenvalue weighted by Crippen LogP contribution is 2.33. The first kappa shape index (κ1) is 13.9. The third-order valence-electron chi connectivity index (χ3n) is 4.48. The lowest BCUT2D eigenvalue weighted by atomic mass is 9.82. The Morgan fingerprint density at radius 1 is 1.29 bits per heavy atom. The van der Waals surface area contributed by atoms with E-state index < -0.39 is 11.6 Å². The summed E-state index contributed by atoms with van der Waals surface area (Å²) in [6.45, 7) is -0.190. The van der Waals surface area contributed by atoms with E-state index in [-0.39, 0.29) is 18.2 Å². The van der Waals surface area contributed by atoms with Crippen molar-refractivity contribution in [2.24, 2.45) is 7.05 Å². The summed E-state index contributed by atoms with van der Waals surface area (Å²) in [5, 5.41) is 2.81. The lowest BCUT2D eigenvalue weighted by Gasteiger charge is -2.30. The van der Waals surface area contributed by atoms with Gasteiger partial charge in [-0.3, -0.25) is 14.5 Å². The lowest BCUT2D eigenvalue weighted by molar-refractivity contribution is -0.132. The molecule has 0 radical (unpaired) electrons. The topological polar surface area (TPSA) is 71.4 Å². The van der Waals surface area contributed by atoms with Gasteiger partial charge in [-0.15, -0.1) is 0 Å². The third kappa shape index (κ3) is 2.24. The van der Waals surface area contributed by atoms with Gasteiger partial charge >= 0.3 is 6.03 Å². The number of nitrogens with one attached hydrogen (secondary N) is 1. The van der Waals surface area contributed by atoms with Crippen molar-refractivity contribution in [1.29, 1.82) is 0 Å². The van der Waals surface area contributed by atoms with Crippen molar-refractivity contribution >= 4 is 17.7 Å². The Hall–Kier alpha value is -2.11. The Labute approximate surface area is 123 Å². The number of amides is 3. The maximum atomic E-state index is 12.6. The van der Waals surface area contributed by atoms with E-state index in [0.717, 1.165) is 24.2 Å². The molecule has 0 bridgehead atoms. The van der Waals surface area contributed by atoms with Crippen LogP contribution in [0, 0.1) is 0 Å². The summed E-state index contributed by atoms with van der Waals surface area (Å²) in [7, 11) is 1.77. The summed E-state index contributed by atoms with van der Waals surface area (Å²) < 4.78 is 1.69. The molecule has 2 aliphatic rings. The number of hydrogen-bond donors (Lipinski definition) is 1. The van der Waals surface area contributed by atoms with E-state index in [2.05, 4.69) is 5.32 Å². The first-order valence-electron chi connectivity index (χ1n) is 7.32. The number of rotatable bonds is 3. The van der Waals surface area contributed by atoms with Crippen LogP contribution in [0.3, 0.4) is 0 Å². The molecular weight excluding hydrogens is 270 g/mol. The van der Waals surface area contributed by atoms with Crippen LogP contribution in [0.2, 0.25) is 0 Å². The number of carbonyl (C=O) groups is 3. The van der Waals surface area contributed by atoms with E-state index in [1.54, 1.807) is 29.9 Å². The third-order valence-corrected chi connectivity index (χ3v) is 4.48. The Kier molecular flexibility index (Phi) is 3.31. The summed E-state index contributed by atoms with van der Waals surface area (Å²) in [5.41, 5.74) is -0.260. The average Bonchev–Trinajstić information content (AvgIpc) is 2.98. The fourth-order valence-corrected chi connectivity index (χ4v) is 3.29. The van der Waals surface area contributed by atoms with Crippen LogP contribution in [0.5, 0.6) is 0 Å². The molecular formula is C15H19N3O3. The zero-order chi connectivity index (χ0) is 15.0. The highest BCUT2D eigenvalue weighted by atomic mass is 16.2. The van der Waals surface area contributed by atoms with Crippen molar-refractivity contribution < 1.29 is 14.4 Å². The lowest BCUT2D eigenvalue weighted by Crippen LogP contribution is -2.48. The molecule has 2 fully saturated rings. The van der Waals surface area contributed by atoms with E-state index in [1.807, 2.05) is 0 Å². The van der Waals surface area contributed by atoms with Crippen LogP contribution in [-0.4, -0.2) is 39.3 Å². The number of aryl methyl sites for hydroxylation is 1. The number of carbonyl (C=O) groups excluding carboxylic acids is 3.